The van der Waals surface area contributed by atoms with Crippen molar-refractivity contribution in [2.45, 2.75) is 20.4 Å². The van der Waals surface area contributed by atoms with Crippen LogP contribution in [0.1, 0.15) is 23.6 Å². The lowest BCUT2D eigenvalue weighted by Gasteiger charge is -2.28. The van der Waals surface area contributed by atoms with Crippen LogP contribution in [-0.2, 0) is 11.3 Å². The highest BCUT2D eigenvalue weighted by Gasteiger charge is 2.18. The molecule has 23 heavy (non-hydrogen) atoms. The van der Waals surface area contributed by atoms with Gasteiger partial charge in [-0.1, -0.05) is 37.3 Å². The van der Waals surface area contributed by atoms with Gasteiger partial charge >= 0.3 is 5.97 Å². The first-order chi connectivity index (χ1) is 11.0. The zero-order chi connectivity index (χ0) is 16.8. The molecule has 1 N–H and O–H groups in total. The second kappa shape index (κ2) is 7.46. The van der Waals surface area contributed by atoms with Gasteiger partial charge in [0.2, 0.25) is 0 Å². The Morgan fingerprint density at radius 3 is 2.65 bits per heavy atom. The molecule has 0 spiro atoms. The number of nitrogens with zero attached hydrogens (tertiary/aromatic N) is 2. The quantitative estimate of drug-likeness (QED) is 0.885. The van der Waals surface area contributed by atoms with Crippen LogP contribution in [0, 0.1) is 24.2 Å². The van der Waals surface area contributed by atoms with Crippen LogP contribution in [0.25, 0.3) is 0 Å². The van der Waals surface area contributed by atoms with Gasteiger partial charge in [0.05, 0.1) is 17.6 Å². The Kier molecular flexibility index (Phi) is 5.37. The van der Waals surface area contributed by atoms with Crippen LogP contribution < -0.4 is 4.90 Å². The van der Waals surface area contributed by atoms with Gasteiger partial charge < -0.3 is 10.0 Å². The molecule has 0 saturated carbocycles. The van der Waals surface area contributed by atoms with Crippen molar-refractivity contribution in [3.8, 4) is 6.07 Å². The number of nitriles is 1. The van der Waals surface area contributed by atoms with E-state index in [1.165, 1.54) is 0 Å². The summed E-state index contributed by atoms with van der Waals surface area (Å²) in [4.78, 5) is 13.3. The van der Waals surface area contributed by atoms with Gasteiger partial charge in [-0.2, -0.15) is 5.26 Å². The molecular formula is C19H20N2O2. The van der Waals surface area contributed by atoms with E-state index >= 15 is 0 Å². The molecule has 4 heteroatoms. The molecule has 0 aliphatic heterocycles. The molecule has 2 aromatic rings. The van der Waals surface area contributed by atoms with E-state index in [0.717, 1.165) is 16.8 Å². The molecule has 0 aromatic heterocycles. The van der Waals surface area contributed by atoms with Crippen LogP contribution in [0.5, 0.6) is 0 Å². The maximum absolute atomic E-state index is 11.2. The van der Waals surface area contributed by atoms with E-state index in [1.807, 2.05) is 49.4 Å². The number of hydrogen-bond donors (Lipinski definition) is 1. The zero-order valence-electron chi connectivity index (χ0n) is 13.4. The summed E-state index contributed by atoms with van der Waals surface area (Å²) in [5, 5.41) is 18.3. The maximum atomic E-state index is 11.2. The zero-order valence-corrected chi connectivity index (χ0v) is 13.4. The molecule has 118 valence electrons. The van der Waals surface area contributed by atoms with Crippen LogP contribution in [0.4, 0.5) is 5.69 Å². The van der Waals surface area contributed by atoms with E-state index in [-0.39, 0.29) is 0 Å². The predicted molar refractivity (Wildman–Crippen MR) is 90.2 cm³/mol. The third-order valence-corrected chi connectivity index (χ3v) is 3.80. The Hall–Kier alpha value is -2.80. The largest absolute Gasteiger partial charge is 0.481 e. The van der Waals surface area contributed by atoms with E-state index < -0.39 is 11.9 Å². The summed E-state index contributed by atoms with van der Waals surface area (Å²) in [7, 11) is 0. The summed E-state index contributed by atoms with van der Waals surface area (Å²) in [6.45, 7) is 4.70. The summed E-state index contributed by atoms with van der Waals surface area (Å²) >= 11 is 0. The number of anilines is 1. The van der Waals surface area contributed by atoms with Crippen LogP contribution in [-0.4, -0.2) is 17.6 Å². The van der Waals surface area contributed by atoms with Gasteiger partial charge in [0.15, 0.2) is 0 Å². The number of aryl methyl sites for hydroxylation is 1. The van der Waals surface area contributed by atoms with Gasteiger partial charge in [-0.05, 0) is 36.2 Å². The molecule has 0 aliphatic carbocycles. The van der Waals surface area contributed by atoms with E-state index in [1.54, 1.807) is 13.0 Å². The van der Waals surface area contributed by atoms with E-state index in [2.05, 4.69) is 11.0 Å². The lowest BCUT2D eigenvalue weighted by atomic mass is 10.1. The van der Waals surface area contributed by atoms with Crippen LogP contribution in [0.2, 0.25) is 0 Å². The molecule has 0 aliphatic rings. The molecule has 2 rings (SSSR count). The number of carbonyl (C=O) groups is 1. The fraction of sp³-hybridized carbons (Fsp3) is 0.263. The smallest absolute Gasteiger partial charge is 0.308 e. The molecule has 0 radical (unpaired) electrons. The number of hydrogen-bond acceptors (Lipinski definition) is 3. The molecule has 2 aromatic carbocycles. The average Bonchev–Trinajstić information content (AvgIpc) is 2.54. The van der Waals surface area contributed by atoms with Crippen molar-refractivity contribution in [2.24, 2.45) is 5.92 Å². The van der Waals surface area contributed by atoms with Gasteiger partial charge in [-0.3, -0.25) is 4.79 Å². The highest BCUT2D eigenvalue weighted by Crippen LogP contribution is 2.23. The number of aliphatic carboxylic acids is 1. The minimum absolute atomic E-state index is 0.414. The Bertz CT molecular complexity index is 734. The first-order valence-electron chi connectivity index (χ1n) is 7.53. The normalized spacial score (nSPS) is 11.5. The van der Waals surface area contributed by atoms with Crippen molar-refractivity contribution in [2.75, 3.05) is 11.4 Å². The van der Waals surface area contributed by atoms with Gasteiger partial charge in [0.1, 0.15) is 0 Å². The molecule has 0 amide bonds. The van der Waals surface area contributed by atoms with Crippen LogP contribution in [0.3, 0.4) is 0 Å². The summed E-state index contributed by atoms with van der Waals surface area (Å²) < 4.78 is 0. The SMILES string of the molecule is Cc1ccccc1N(Cc1cccc(C#N)c1)CC(C)C(=O)O. The van der Waals surface area contributed by atoms with E-state index in [0.29, 0.717) is 18.7 Å². The second-order valence-electron chi connectivity index (χ2n) is 5.72. The summed E-state index contributed by atoms with van der Waals surface area (Å²) in [5.41, 5.74) is 3.72. The van der Waals surface area contributed by atoms with Crippen LogP contribution >= 0.6 is 0 Å². The molecule has 1 unspecified atom stereocenters. The number of rotatable bonds is 6. The Morgan fingerprint density at radius 2 is 2.00 bits per heavy atom. The standard InChI is InChI=1S/C19H20N2O2/c1-14-6-3-4-9-18(14)21(12-15(2)19(22)23)13-17-8-5-7-16(10-17)11-20/h3-10,15H,12-13H2,1-2H3,(H,22,23). The third kappa shape index (κ3) is 4.33. The fourth-order valence-corrected chi connectivity index (χ4v) is 2.53. The van der Waals surface area contributed by atoms with Gasteiger partial charge in [-0.25, -0.2) is 0 Å². The van der Waals surface area contributed by atoms with Gasteiger partial charge in [0, 0.05) is 18.8 Å². The minimum Gasteiger partial charge on any atom is -0.481 e. The molecule has 0 fully saturated rings. The van der Waals surface area contributed by atoms with Crippen LogP contribution in [0.15, 0.2) is 48.5 Å². The van der Waals surface area contributed by atoms with Crippen molar-refractivity contribution in [3.05, 3.63) is 65.2 Å². The molecular weight excluding hydrogens is 288 g/mol. The number of carboxylic acids is 1. The number of benzene rings is 2. The Labute approximate surface area is 136 Å². The first-order valence-corrected chi connectivity index (χ1v) is 7.53. The predicted octanol–water partition coefficient (Wildman–Crippen LogP) is 3.59. The highest BCUT2D eigenvalue weighted by atomic mass is 16.4. The lowest BCUT2D eigenvalue weighted by molar-refractivity contribution is -0.140. The molecule has 4 nitrogen and oxygen atoms in total. The summed E-state index contributed by atoms with van der Waals surface area (Å²) in [6, 6.07) is 17.5. The maximum Gasteiger partial charge on any atom is 0.308 e. The molecule has 1 atom stereocenters. The Balaban J connectivity index is 2.31. The van der Waals surface area contributed by atoms with Crippen molar-refractivity contribution < 1.29 is 9.90 Å². The van der Waals surface area contributed by atoms with Gasteiger partial charge in [-0.15, -0.1) is 0 Å². The van der Waals surface area contributed by atoms with E-state index in [9.17, 15) is 9.90 Å². The summed E-state index contributed by atoms with van der Waals surface area (Å²) in [5.74, 6) is -1.29. The fourth-order valence-electron chi connectivity index (χ4n) is 2.53. The summed E-state index contributed by atoms with van der Waals surface area (Å²) in [6.07, 6.45) is 0. The Morgan fingerprint density at radius 1 is 1.26 bits per heavy atom. The lowest BCUT2D eigenvalue weighted by Crippen LogP contribution is -2.32. The third-order valence-electron chi connectivity index (χ3n) is 3.80. The molecule has 0 heterocycles. The monoisotopic (exact) mass is 308 g/mol. The number of para-hydroxylation sites is 1. The van der Waals surface area contributed by atoms with Crippen molar-refractivity contribution in [1.82, 2.24) is 0 Å². The molecule has 0 bridgehead atoms. The minimum atomic E-state index is -0.811. The van der Waals surface area contributed by atoms with Gasteiger partial charge in [0.25, 0.3) is 0 Å². The van der Waals surface area contributed by atoms with Crippen molar-refractivity contribution in [3.63, 3.8) is 0 Å². The number of carboxylic acid groups (broad SMARTS) is 1. The highest BCUT2D eigenvalue weighted by molar-refractivity contribution is 5.70. The molecule has 0 saturated heterocycles. The van der Waals surface area contributed by atoms with Crippen molar-refractivity contribution in [1.29, 1.82) is 5.26 Å². The van der Waals surface area contributed by atoms with Crippen molar-refractivity contribution >= 4 is 11.7 Å². The van der Waals surface area contributed by atoms with E-state index in [4.69, 9.17) is 5.26 Å². The topological polar surface area (TPSA) is 64.3 Å². The average molecular weight is 308 g/mol. The first kappa shape index (κ1) is 16.6. The second-order valence-corrected chi connectivity index (χ2v) is 5.72.